The van der Waals surface area contributed by atoms with Crippen molar-refractivity contribution in [1.82, 2.24) is 9.88 Å². The summed E-state index contributed by atoms with van der Waals surface area (Å²) in [5, 5.41) is 15.3. The van der Waals surface area contributed by atoms with Gasteiger partial charge in [-0.15, -0.1) is 11.3 Å². The fourth-order valence-corrected chi connectivity index (χ4v) is 3.09. The largest absolute Gasteiger partial charge is 0.379 e. The summed E-state index contributed by atoms with van der Waals surface area (Å²) in [7, 11) is 0. The molecule has 0 spiro atoms. The number of halogens is 1. The number of anilines is 1. The number of nitro benzene ring substituents is 1. The van der Waals surface area contributed by atoms with Crippen LogP contribution >= 0.6 is 11.3 Å². The third kappa shape index (κ3) is 4.35. The summed E-state index contributed by atoms with van der Waals surface area (Å²) >= 11 is 1.24. The van der Waals surface area contributed by atoms with Gasteiger partial charge in [0.25, 0.3) is 11.6 Å². The van der Waals surface area contributed by atoms with Gasteiger partial charge in [-0.2, -0.15) is 0 Å². The lowest BCUT2D eigenvalue weighted by molar-refractivity contribution is -0.385. The lowest BCUT2D eigenvalue weighted by Gasteiger charge is -2.25. The van der Waals surface area contributed by atoms with Crippen molar-refractivity contribution in [2.75, 3.05) is 31.6 Å². The van der Waals surface area contributed by atoms with Crippen LogP contribution in [0.5, 0.6) is 0 Å². The second-order valence-electron chi connectivity index (χ2n) is 5.41. The third-order valence-corrected chi connectivity index (χ3v) is 4.48. The highest BCUT2D eigenvalue weighted by Gasteiger charge is 2.18. The van der Waals surface area contributed by atoms with Gasteiger partial charge in [-0.25, -0.2) is 9.37 Å². The predicted octanol–water partition coefficient (Wildman–Crippen LogP) is 2.27. The van der Waals surface area contributed by atoms with E-state index < -0.39 is 22.3 Å². The number of nitrogens with zero attached hydrogens (tertiary/aromatic N) is 3. The van der Waals surface area contributed by atoms with Crippen molar-refractivity contribution in [2.24, 2.45) is 0 Å². The number of carbonyl (C=O) groups is 1. The van der Waals surface area contributed by atoms with E-state index in [2.05, 4.69) is 15.2 Å². The number of benzene rings is 1. The van der Waals surface area contributed by atoms with Crippen molar-refractivity contribution in [3.8, 4) is 0 Å². The summed E-state index contributed by atoms with van der Waals surface area (Å²) in [4.78, 5) is 28.5. The number of non-ortho nitro benzene ring substituents is 1. The molecule has 2 heterocycles. The van der Waals surface area contributed by atoms with E-state index in [1.807, 2.05) is 5.38 Å². The number of morpholine rings is 1. The summed E-state index contributed by atoms with van der Waals surface area (Å²) in [6.07, 6.45) is 0. The molecule has 0 aliphatic carbocycles. The molecule has 25 heavy (non-hydrogen) atoms. The average molecular weight is 366 g/mol. The molecule has 0 bridgehead atoms. The molecule has 1 aliphatic heterocycles. The molecule has 1 aliphatic rings. The molecular formula is C15H15FN4O4S. The number of nitro groups is 1. The maximum Gasteiger partial charge on any atom is 0.272 e. The van der Waals surface area contributed by atoms with Gasteiger partial charge in [0.05, 0.1) is 35.5 Å². The van der Waals surface area contributed by atoms with Crippen LogP contribution in [0.25, 0.3) is 0 Å². The quantitative estimate of drug-likeness (QED) is 0.644. The van der Waals surface area contributed by atoms with Crippen LogP contribution in [0.4, 0.5) is 15.2 Å². The van der Waals surface area contributed by atoms with Crippen LogP contribution < -0.4 is 5.32 Å². The van der Waals surface area contributed by atoms with E-state index in [0.717, 1.165) is 37.0 Å². The molecule has 2 aromatic rings. The molecule has 1 aromatic heterocycles. The van der Waals surface area contributed by atoms with Gasteiger partial charge in [0.2, 0.25) is 0 Å². The molecule has 8 nitrogen and oxygen atoms in total. The lowest BCUT2D eigenvalue weighted by atomic mass is 10.2. The molecule has 1 aromatic carbocycles. The summed E-state index contributed by atoms with van der Waals surface area (Å²) < 4.78 is 19.2. The van der Waals surface area contributed by atoms with Crippen LogP contribution in [0, 0.1) is 15.9 Å². The van der Waals surface area contributed by atoms with Gasteiger partial charge < -0.3 is 4.74 Å². The van der Waals surface area contributed by atoms with Gasteiger partial charge >= 0.3 is 0 Å². The first-order chi connectivity index (χ1) is 12.0. The molecule has 1 amide bonds. The number of ether oxygens (including phenoxy) is 1. The first-order valence-corrected chi connectivity index (χ1v) is 8.40. The maximum atomic E-state index is 13.9. The van der Waals surface area contributed by atoms with E-state index in [9.17, 15) is 19.3 Å². The van der Waals surface area contributed by atoms with Gasteiger partial charge in [0.1, 0.15) is 5.82 Å². The minimum Gasteiger partial charge on any atom is -0.379 e. The zero-order valence-electron chi connectivity index (χ0n) is 13.1. The van der Waals surface area contributed by atoms with Crippen molar-refractivity contribution in [3.63, 3.8) is 0 Å². The minimum atomic E-state index is -0.947. The first kappa shape index (κ1) is 17.4. The molecule has 3 rings (SSSR count). The van der Waals surface area contributed by atoms with Crippen LogP contribution in [0.2, 0.25) is 0 Å². The predicted molar refractivity (Wildman–Crippen MR) is 89.2 cm³/mol. The van der Waals surface area contributed by atoms with E-state index in [1.165, 1.54) is 11.3 Å². The SMILES string of the molecule is O=C(Nc1nc(CN2CCOCC2)cs1)c1ccc([N+](=O)[O-])cc1F. The van der Waals surface area contributed by atoms with Crippen LogP contribution in [0.3, 0.4) is 0 Å². The molecule has 0 unspecified atom stereocenters. The maximum absolute atomic E-state index is 13.9. The number of aromatic nitrogens is 1. The van der Waals surface area contributed by atoms with Crippen LogP contribution in [0.15, 0.2) is 23.6 Å². The van der Waals surface area contributed by atoms with Crippen LogP contribution in [-0.2, 0) is 11.3 Å². The van der Waals surface area contributed by atoms with Crippen molar-refractivity contribution in [2.45, 2.75) is 6.54 Å². The van der Waals surface area contributed by atoms with Gasteiger partial charge in [0, 0.05) is 31.1 Å². The highest BCUT2D eigenvalue weighted by molar-refractivity contribution is 7.13. The number of nitrogens with one attached hydrogen (secondary N) is 1. The Bertz CT molecular complexity index is 792. The average Bonchev–Trinajstić information content (AvgIpc) is 3.02. The Balaban J connectivity index is 1.64. The molecule has 0 saturated carbocycles. The molecular weight excluding hydrogens is 351 g/mol. The standard InChI is InChI=1S/C15H15FN4O4S/c16-13-7-11(20(22)23)1-2-12(13)14(21)18-15-17-10(9-25-15)8-19-3-5-24-6-4-19/h1-2,7,9H,3-6,8H2,(H,17,18,21). The fourth-order valence-electron chi connectivity index (χ4n) is 2.39. The summed E-state index contributed by atoms with van der Waals surface area (Å²) in [6.45, 7) is 3.68. The van der Waals surface area contributed by atoms with Gasteiger partial charge in [-0.1, -0.05) is 0 Å². The second-order valence-corrected chi connectivity index (χ2v) is 6.27. The summed E-state index contributed by atoms with van der Waals surface area (Å²) in [6, 6.07) is 2.90. The number of carbonyl (C=O) groups excluding carboxylic acids is 1. The molecule has 0 atom stereocenters. The highest BCUT2D eigenvalue weighted by atomic mass is 32.1. The van der Waals surface area contributed by atoms with E-state index in [-0.39, 0.29) is 5.56 Å². The Morgan fingerprint density at radius 3 is 2.88 bits per heavy atom. The zero-order chi connectivity index (χ0) is 17.8. The number of amides is 1. The lowest BCUT2D eigenvalue weighted by Crippen LogP contribution is -2.35. The Hall–Kier alpha value is -2.43. The van der Waals surface area contributed by atoms with Crippen molar-refractivity contribution in [1.29, 1.82) is 0 Å². The van der Waals surface area contributed by atoms with Gasteiger partial charge in [-0.3, -0.25) is 25.1 Å². The number of thiazole rings is 1. The smallest absolute Gasteiger partial charge is 0.272 e. The number of hydrogen-bond acceptors (Lipinski definition) is 7. The fraction of sp³-hybridized carbons (Fsp3) is 0.333. The zero-order valence-corrected chi connectivity index (χ0v) is 13.9. The normalized spacial score (nSPS) is 15.1. The molecule has 1 saturated heterocycles. The number of rotatable bonds is 5. The molecule has 1 fully saturated rings. The van der Waals surface area contributed by atoms with Gasteiger partial charge in [0.15, 0.2) is 5.13 Å². The molecule has 1 N–H and O–H groups in total. The second kappa shape index (κ2) is 7.64. The van der Waals surface area contributed by atoms with Gasteiger partial charge in [-0.05, 0) is 6.07 Å². The van der Waals surface area contributed by atoms with Crippen LogP contribution in [0.1, 0.15) is 16.1 Å². The topological polar surface area (TPSA) is 97.6 Å². The van der Waals surface area contributed by atoms with Crippen molar-refractivity contribution >= 4 is 28.1 Å². The summed E-state index contributed by atoms with van der Waals surface area (Å²) in [5.41, 5.74) is 0.137. The Morgan fingerprint density at radius 2 is 2.20 bits per heavy atom. The third-order valence-electron chi connectivity index (χ3n) is 3.67. The summed E-state index contributed by atoms with van der Waals surface area (Å²) in [5.74, 6) is -1.64. The highest BCUT2D eigenvalue weighted by Crippen LogP contribution is 2.21. The molecule has 132 valence electrons. The first-order valence-electron chi connectivity index (χ1n) is 7.53. The van der Waals surface area contributed by atoms with Crippen LogP contribution in [-0.4, -0.2) is 47.0 Å². The molecule has 10 heteroatoms. The van der Waals surface area contributed by atoms with E-state index in [1.54, 1.807) is 0 Å². The Labute approximate surface area is 146 Å². The van der Waals surface area contributed by atoms with E-state index in [0.29, 0.717) is 24.9 Å². The Kier molecular flexibility index (Phi) is 5.31. The monoisotopic (exact) mass is 366 g/mol. The van der Waals surface area contributed by atoms with Crippen molar-refractivity contribution < 1.29 is 18.8 Å². The van der Waals surface area contributed by atoms with E-state index >= 15 is 0 Å². The molecule has 0 radical (unpaired) electrons. The van der Waals surface area contributed by atoms with Crippen molar-refractivity contribution in [3.05, 3.63) is 50.8 Å². The minimum absolute atomic E-state index is 0.268. The Morgan fingerprint density at radius 1 is 1.44 bits per heavy atom. The van der Waals surface area contributed by atoms with E-state index in [4.69, 9.17) is 4.74 Å². The number of hydrogen-bond donors (Lipinski definition) is 1.